The second-order valence-electron chi connectivity index (χ2n) is 20.4. The Morgan fingerprint density at radius 3 is 1.63 bits per heavy atom. The van der Waals surface area contributed by atoms with Crippen LogP contribution in [0.5, 0.6) is 0 Å². The average Bonchev–Trinajstić information content (AvgIpc) is 4.05. The van der Waals surface area contributed by atoms with Crippen LogP contribution in [-0.4, -0.2) is 24.1 Å². The van der Waals surface area contributed by atoms with E-state index < -0.39 is 5.41 Å². The molecule has 4 heterocycles. The van der Waals surface area contributed by atoms with Gasteiger partial charge in [0.15, 0.2) is 17.5 Å². The lowest BCUT2D eigenvalue weighted by Crippen LogP contribution is -2.27. The topological polar surface area (TPSA) is 51.8 Å². The van der Waals surface area contributed by atoms with E-state index in [1.54, 1.807) is 0 Å². The van der Waals surface area contributed by atoms with Gasteiger partial charge in [-0.1, -0.05) is 172 Å². The number of nitrogens with zero attached hydrogens (tertiary/aromatic N) is 6. The van der Waals surface area contributed by atoms with Crippen molar-refractivity contribution in [2.24, 2.45) is 0 Å². The fourth-order valence-electron chi connectivity index (χ4n) is 12.1. The van der Waals surface area contributed by atoms with E-state index in [1.165, 1.54) is 54.8 Å². The maximum atomic E-state index is 5.30. The molecular weight excluding hydrogens is 925 g/mol. The van der Waals surface area contributed by atoms with Crippen molar-refractivity contribution in [3.63, 3.8) is 0 Å². The van der Waals surface area contributed by atoms with Crippen LogP contribution in [-0.2, 0) is 5.41 Å². The molecular formula is C70H48N6. The molecule has 0 aliphatic carbocycles. The molecule has 6 nitrogen and oxygen atoms in total. The lowest BCUT2D eigenvalue weighted by molar-refractivity contribution is 0.630. The van der Waals surface area contributed by atoms with Crippen molar-refractivity contribution < 1.29 is 0 Å². The van der Waals surface area contributed by atoms with E-state index in [1.807, 2.05) is 18.2 Å². The first-order valence-electron chi connectivity index (χ1n) is 26.0. The molecule has 0 unspecified atom stereocenters. The largest absolute Gasteiger partial charge is 0.310 e. The van der Waals surface area contributed by atoms with E-state index in [-0.39, 0.29) is 0 Å². The number of fused-ring (bicyclic) bond motifs is 10. The van der Waals surface area contributed by atoms with Gasteiger partial charge in [0.25, 0.3) is 0 Å². The summed E-state index contributed by atoms with van der Waals surface area (Å²) in [6, 6.07) is 91.5. The van der Waals surface area contributed by atoms with Gasteiger partial charge in [-0.15, -0.1) is 0 Å². The smallest absolute Gasteiger partial charge is 0.164 e. The summed E-state index contributed by atoms with van der Waals surface area (Å²) in [5.41, 5.74) is 17.5. The zero-order chi connectivity index (χ0) is 50.5. The number of hydrogen-bond acceptors (Lipinski definition) is 4. The van der Waals surface area contributed by atoms with Crippen LogP contribution in [0.1, 0.15) is 25.0 Å². The normalized spacial score (nSPS) is 12.7. The van der Waals surface area contributed by atoms with E-state index in [2.05, 4.69) is 264 Å². The second-order valence-corrected chi connectivity index (χ2v) is 20.4. The Bertz CT molecular complexity index is 4560. The van der Waals surface area contributed by atoms with Crippen molar-refractivity contribution in [2.75, 3.05) is 4.90 Å². The Balaban J connectivity index is 0.887. The van der Waals surface area contributed by atoms with Crippen molar-refractivity contribution in [3.8, 4) is 56.7 Å². The highest BCUT2D eigenvalue weighted by Crippen LogP contribution is 2.52. The molecule has 0 radical (unpaired) electrons. The summed E-state index contributed by atoms with van der Waals surface area (Å²) in [4.78, 5) is 18.1. The Kier molecular flexibility index (Phi) is 9.81. The van der Waals surface area contributed by atoms with E-state index >= 15 is 0 Å². The van der Waals surface area contributed by atoms with Gasteiger partial charge in [-0.3, -0.25) is 0 Å². The van der Waals surface area contributed by atoms with Crippen molar-refractivity contribution in [1.29, 1.82) is 0 Å². The lowest BCUT2D eigenvalue weighted by Gasteiger charge is -2.36. The molecule has 0 fully saturated rings. The van der Waals surface area contributed by atoms with Gasteiger partial charge in [0.05, 0.1) is 27.8 Å². The summed E-state index contributed by atoms with van der Waals surface area (Å²) >= 11 is 0. The van der Waals surface area contributed by atoms with Gasteiger partial charge in [0, 0.05) is 66.4 Å². The Morgan fingerprint density at radius 1 is 0.342 bits per heavy atom. The second kappa shape index (κ2) is 17.1. The van der Waals surface area contributed by atoms with Crippen LogP contribution in [0.2, 0.25) is 0 Å². The van der Waals surface area contributed by atoms with Gasteiger partial charge >= 0.3 is 0 Å². The highest BCUT2D eigenvalue weighted by Gasteiger charge is 2.37. The van der Waals surface area contributed by atoms with Crippen LogP contribution < -0.4 is 4.90 Å². The van der Waals surface area contributed by atoms with Crippen molar-refractivity contribution in [2.45, 2.75) is 19.3 Å². The molecule has 0 bridgehead atoms. The van der Waals surface area contributed by atoms with Crippen molar-refractivity contribution in [3.05, 3.63) is 266 Å². The van der Waals surface area contributed by atoms with Crippen LogP contribution in [0, 0.1) is 0 Å². The fourth-order valence-corrected chi connectivity index (χ4v) is 12.1. The molecule has 358 valence electrons. The van der Waals surface area contributed by atoms with Crippen LogP contribution in [0.15, 0.2) is 255 Å². The zero-order valence-corrected chi connectivity index (χ0v) is 41.9. The minimum Gasteiger partial charge on any atom is -0.310 e. The maximum Gasteiger partial charge on any atom is 0.164 e. The molecule has 1 aliphatic rings. The SMILES string of the molecule is CC1(C)c2cc(-c3cccc(-c4nc(-c5ccccc5)nc(-c5ccc6c(c5)c5ccccc5n6-c5ccccc5)n4)c3)ccc2-n2c3ccc4ccccc4c3c3cc(N(c4ccccc4)c4ccccc4)cc1c32. The fraction of sp³-hybridized carbons (Fsp3) is 0.0429. The molecule has 0 N–H and O–H groups in total. The Labute approximate surface area is 440 Å². The molecule has 0 saturated carbocycles. The predicted molar refractivity (Wildman–Crippen MR) is 315 cm³/mol. The van der Waals surface area contributed by atoms with Crippen molar-refractivity contribution in [1.82, 2.24) is 24.1 Å². The average molecular weight is 973 g/mol. The van der Waals surface area contributed by atoms with Gasteiger partial charge in [-0.2, -0.15) is 0 Å². The van der Waals surface area contributed by atoms with Crippen LogP contribution in [0.25, 0.3) is 111 Å². The summed E-state index contributed by atoms with van der Waals surface area (Å²) in [6.07, 6.45) is 0. The van der Waals surface area contributed by atoms with Crippen LogP contribution in [0.3, 0.4) is 0 Å². The molecule has 0 spiro atoms. The number of aromatic nitrogens is 5. The van der Waals surface area contributed by atoms with E-state index in [4.69, 9.17) is 15.0 Å². The Morgan fingerprint density at radius 2 is 0.895 bits per heavy atom. The number of benzene rings is 11. The molecule has 11 aromatic carbocycles. The van der Waals surface area contributed by atoms with E-state index in [9.17, 15) is 0 Å². The predicted octanol–water partition coefficient (Wildman–Crippen LogP) is 18.0. The van der Waals surface area contributed by atoms with Gasteiger partial charge < -0.3 is 14.0 Å². The van der Waals surface area contributed by atoms with E-state index in [0.29, 0.717) is 17.5 Å². The van der Waals surface area contributed by atoms with Crippen LogP contribution in [0.4, 0.5) is 17.1 Å². The third-order valence-electron chi connectivity index (χ3n) is 15.7. The monoisotopic (exact) mass is 972 g/mol. The number of hydrogen-bond donors (Lipinski definition) is 0. The van der Waals surface area contributed by atoms with Gasteiger partial charge in [-0.25, -0.2) is 15.0 Å². The summed E-state index contributed by atoms with van der Waals surface area (Å²) in [5, 5.41) is 7.31. The summed E-state index contributed by atoms with van der Waals surface area (Å²) in [6.45, 7) is 4.79. The molecule has 0 atom stereocenters. The highest BCUT2D eigenvalue weighted by atomic mass is 15.1. The zero-order valence-electron chi connectivity index (χ0n) is 41.9. The molecule has 3 aromatic heterocycles. The van der Waals surface area contributed by atoms with Crippen LogP contribution >= 0.6 is 0 Å². The highest BCUT2D eigenvalue weighted by molar-refractivity contribution is 6.23. The third kappa shape index (κ3) is 6.84. The minimum absolute atomic E-state index is 0.390. The molecule has 0 amide bonds. The van der Waals surface area contributed by atoms with Gasteiger partial charge in [0.1, 0.15) is 0 Å². The molecule has 15 rings (SSSR count). The van der Waals surface area contributed by atoms with E-state index in [0.717, 1.165) is 67.0 Å². The molecule has 1 aliphatic heterocycles. The summed E-state index contributed by atoms with van der Waals surface area (Å²) in [7, 11) is 0. The lowest BCUT2D eigenvalue weighted by atomic mass is 9.73. The first kappa shape index (κ1) is 43.7. The third-order valence-corrected chi connectivity index (χ3v) is 15.7. The standard InChI is InChI=1S/C70H48N6/c1-70(2)59-42-48(35-38-63(59)76-64-39-34-45-20-15-16-31-55(45)65(64)58-43-54(44-60(70)66(58)76)74(51-25-9-4-10-26-51)52-27-11-5-12-28-52)47-23-19-24-49(40-47)68-71-67(46-21-7-3-8-22-46)72-69(73-68)50-36-37-62-57(41-50)56-32-17-18-33-61(56)75(62)53-29-13-6-14-30-53/h3-44H,1-2H3. The Hall–Kier alpha value is -9.91. The maximum absolute atomic E-state index is 5.30. The van der Waals surface area contributed by atoms with Gasteiger partial charge in [-0.05, 0) is 130 Å². The molecule has 76 heavy (non-hydrogen) atoms. The molecule has 0 saturated heterocycles. The molecule has 6 heteroatoms. The number of anilines is 3. The van der Waals surface area contributed by atoms with Crippen molar-refractivity contribution >= 4 is 71.4 Å². The first-order chi connectivity index (χ1) is 37.4. The number of para-hydroxylation sites is 4. The summed E-state index contributed by atoms with van der Waals surface area (Å²) in [5.74, 6) is 1.87. The number of rotatable bonds is 8. The quantitative estimate of drug-likeness (QED) is 0.152. The van der Waals surface area contributed by atoms with Gasteiger partial charge in [0.2, 0.25) is 0 Å². The summed E-state index contributed by atoms with van der Waals surface area (Å²) < 4.78 is 4.86. The first-order valence-corrected chi connectivity index (χ1v) is 26.0. The minimum atomic E-state index is -0.390. The molecule has 14 aromatic rings.